The second kappa shape index (κ2) is 9.24. The summed E-state index contributed by atoms with van der Waals surface area (Å²) in [6, 6.07) is 19.4. The van der Waals surface area contributed by atoms with Crippen molar-refractivity contribution in [3.05, 3.63) is 88.7 Å². The van der Waals surface area contributed by atoms with Gasteiger partial charge in [0, 0.05) is 17.9 Å². The van der Waals surface area contributed by atoms with Crippen molar-refractivity contribution >= 4 is 28.9 Å². The van der Waals surface area contributed by atoms with E-state index in [4.69, 9.17) is 16.3 Å². The zero-order valence-electron chi connectivity index (χ0n) is 15.3. The highest BCUT2D eigenvalue weighted by Crippen LogP contribution is 2.21. The first-order chi connectivity index (χ1) is 13.5. The Balaban J connectivity index is 1.51. The maximum atomic E-state index is 13.2. The summed E-state index contributed by atoms with van der Waals surface area (Å²) in [5.41, 5.74) is 3.53. The van der Waals surface area contributed by atoms with Crippen LogP contribution in [-0.4, -0.2) is 12.5 Å². The Labute approximate surface area is 168 Å². The number of carbonyl (C=O) groups is 1. The number of hydrogen-bond donors (Lipinski definition) is 2. The molecular formula is C22H20ClFN2O2. The molecule has 0 bridgehead atoms. The van der Waals surface area contributed by atoms with Crippen LogP contribution in [0.4, 0.5) is 15.8 Å². The largest absolute Gasteiger partial charge is 0.484 e. The van der Waals surface area contributed by atoms with Crippen LogP contribution in [0, 0.1) is 12.7 Å². The van der Waals surface area contributed by atoms with Gasteiger partial charge in [-0.1, -0.05) is 41.4 Å². The van der Waals surface area contributed by atoms with Crippen molar-refractivity contribution in [3.8, 4) is 5.75 Å². The Bertz CT molecular complexity index is 961. The third kappa shape index (κ3) is 5.72. The monoisotopic (exact) mass is 398 g/mol. The summed E-state index contributed by atoms with van der Waals surface area (Å²) in [5.74, 6) is -0.0876. The number of ether oxygens (including phenoxy) is 1. The number of anilines is 2. The molecule has 3 rings (SSSR count). The second-order valence-electron chi connectivity index (χ2n) is 6.33. The summed E-state index contributed by atoms with van der Waals surface area (Å²) in [4.78, 5) is 12.0. The average molecular weight is 399 g/mol. The van der Waals surface area contributed by atoms with Crippen LogP contribution in [0.3, 0.4) is 0 Å². The smallest absolute Gasteiger partial charge is 0.262 e. The van der Waals surface area contributed by atoms with E-state index in [0.29, 0.717) is 12.3 Å². The van der Waals surface area contributed by atoms with Gasteiger partial charge in [0.2, 0.25) is 0 Å². The van der Waals surface area contributed by atoms with Crippen LogP contribution in [0.15, 0.2) is 66.7 Å². The molecule has 0 fully saturated rings. The molecule has 2 N–H and O–H groups in total. The summed E-state index contributed by atoms with van der Waals surface area (Å²) in [7, 11) is 0. The van der Waals surface area contributed by atoms with Gasteiger partial charge in [-0.15, -0.1) is 0 Å². The summed E-state index contributed by atoms with van der Waals surface area (Å²) in [6.07, 6.45) is 0. The van der Waals surface area contributed by atoms with E-state index < -0.39 is 5.82 Å². The van der Waals surface area contributed by atoms with Crippen molar-refractivity contribution in [2.45, 2.75) is 13.5 Å². The Hall–Kier alpha value is -3.05. The molecule has 0 aliphatic carbocycles. The maximum Gasteiger partial charge on any atom is 0.262 e. The van der Waals surface area contributed by atoms with Gasteiger partial charge in [0.05, 0.1) is 5.02 Å². The molecule has 4 nitrogen and oxygen atoms in total. The van der Waals surface area contributed by atoms with E-state index in [1.54, 1.807) is 12.1 Å². The van der Waals surface area contributed by atoms with Gasteiger partial charge < -0.3 is 15.4 Å². The van der Waals surface area contributed by atoms with Gasteiger partial charge >= 0.3 is 0 Å². The maximum absolute atomic E-state index is 13.2. The molecule has 0 aromatic heterocycles. The SMILES string of the molecule is Cc1ccc(NC(=O)COc2cccc(CNc3ccc(F)c(Cl)c3)c2)cc1. The first-order valence-electron chi connectivity index (χ1n) is 8.77. The van der Waals surface area contributed by atoms with Gasteiger partial charge in [0.15, 0.2) is 6.61 Å². The summed E-state index contributed by atoms with van der Waals surface area (Å²) in [6.45, 7) is 2.41. The van der Waals surface area contributed by atoms with E-state index >= 15 is 0 Å². The number of hydrogen-bond acceptors (Lipinski definition) is 3. The number of benzene rings is 3. The normalized spacial score (nSPS) is 10.4. The van der Waals surface area contributed by atoms with E-state index in [9.17, 15) is 9.18 Å². The molecular weight excluding hydrogens is 379 g/mol. The zero-order valence-corrected chi connectivity index (χ0v) is 16.1. The van der Waals surface area contributed by atoms with Crippen molar-refractivity contribution in [3.63, 3.8) is 0 Å². The van der Waals surface area contributed by atoms with E-state index in [2.05, 4.69) is 10.6 Å². The van der Waals surface area contributed by atoms with Gasteiger partial charge in [0.25, 0.3) is 5.91 Å². The van der Waals surface area contributed by atoms with Crippen molar-refractivity contribution in [2.75, 3.05) is 17.2 Å². The second-order valence-corrected chi connectivity index (χ2v) is 6.74. The number of amides is 1. The number of carbonyl (C=O) groups excluding carboxylic acids is 1. The highest BCUT2D eigenvalue weighted by atomic mass is 35.5. The highest BCUT2D eigenvalue weighted by molar-refractivity contribution is 6.31. The van der Waals surface area contributed by atoms with Crippen molar-refractivity contribution in [1.82, 2.24) is 0 Å². The molecule has 1 amide bonds. The highest BCUT2D eigenvalue weighted by Gasteiger charge is 2.05. The predicted molar refractivity (Wildman–Crippen MR) is 110 cm³/mol. The molecule has 0 atom stereocenters. The number of halogens is 2. The number of nitrogens with one attached hydrogen (secondary N) is 2. The lowest BCUT2D eigenvalue weighted by Crippen LogP contribution is -2.20. The fraction of sp³-hybridized carbons (Fsp3) is 0.136. The predicted octanol–water partition coefficient (Wildman–Crippen LogP) is 5.42. The Morgan fingerprint density at radius 2 is 1.79 bits per heavy atom. The minimum atomic E-state index is -0.452. The van der Waals surface area contributed by atoms with Gasteiger partial charge in [-0.2, -0.15) is 0 Å². The molecule has 28 heavy (non-hydrogen) atoms. The van der Waals surface area contributed by atoms with E-state index in [0.717, 1.165) is 22.5 Å². The number of aryl methyl sites for hydroxylation is 1. The first-order valence-corrected chi connectivity index (χ1v) is 9.14. The van der Waals surface area contributed by atoms with Gasteiger partial charge in [-0.05, 0) is 55.0 Å². The van der Waals surface area contributed by atoms with Crippen LogP contribution < -0.4 is 15.4 Å². The first kappa shape index (κ1) is 19.7. The molecule has 0 radical (unpaired) electrons. The standard InChI is InChI=1S/C22H20ClFN2O2/c1-15-5-7-17(8-6-15)26-22(27)14-28-19-4-2-3-16(11-19)13-25-18-9-10-21(24)20(23)12-18/h2-12,25H,13-14H2,1H3,(H,26,27). The van der Waals surface area contributed by atoms with Crippen LogP contribution >= 0.6 is 11.6 Å². The lowest BCUT2D eigenvalue weighted by Gasteiger charge is -2.10. The molecule has 144 valence electrons. The molecule has 0 unspecified atom stereocenters. The lowest BCUT2D eigenvalue weighted by atomic mass is 10.2. The minimum Gasteiger partial charge on any atom is -0.484 e. The molecule has 0 spiro atoms. The quantitative estimate of drug-likeness (QED) is 0.559. The van der Waals surface area contributed by atoms with Crippen molar-refractivity contribution < 1.29 is 13.9 Å². The average Bonchev–Trinajstić information content (AvgIpc) is 2.69. The van der Waals surface area contributed by atoms with E-state index in [1.165, 1.54) is 12.1 Å². The molecule has 0 heterocycles. The van der Waals surface area contributed by atoms with Gasteiger partial charge in [-0.3, -0.25) is 4.79 Å². The Morgan fingerprint density at radius 3 is 2.54 bits per heavy atom. The van der Waals surface area contributed by atoms with Crippen molar-refractivity contribution in [1.29, 1.82) is 0 Å². The zero-order chi connectivity index (χ0) is 19.9. The van der Waals surface area contributed by atoms with Crippen LogP contribution in [0.5, 0.6) is 5.75 Å². The number of rotatable bonds is 7. The fourth-order valence-corrected chi connectivity index (χ4v) is 2.72. The Morgan fingerprint density at radius 1 is 1.04 bits per heavy atom. The molecule has 0 saturated carbocycles. The van der Waals surface area contributed by atoms with Gasteiger partial charge in [-0.25, -0.2) is 4.39 Å². The van der Waals surface area contributed by atoms with E-state index in [1.807, 2.05) is 49.4 Å². The third-order valence-corrected chi connectivity index (χ3v) is 4.31. The topological polar surface area (TPSA) is 50.4 Å². The summed E-state index contributed by atoms with van der Waals surface area (Å²) >= 11 is 5.78. The molecule has 3 aromatic rings. The van der Waals surface area contributed by atoms with E-state index in [-0.39, 0.29) is 17.5 Å². The van der Waals surface area contributed by atoms with Crippen LogP contribution in [0.1, 0.15) is 11.1 Å². The van der Waals surface area contributed by atoms with Crippen LogP contribution in [0.25, 0.3) is 0 Å². The lowest BCUT2D eigenvalue weighted by molar-refractivity contribution is -0.118. The molecule has 3 aromatic carbocycles. The van der Waals surface area contributed by atoms with Crippen molar-refractivity contribution in [2.24, 2.45) is 0 Å². The molecule has 0 aliphatic rings. The van der Waals surface area contributed by atoms with Crippen LogP contribution in [0.2, 0.25) is 5.02 Å². The summed E-state index contributed by atoms with van der Waals surface area (Å²) in [5, 5.41) is 6.03. The molecule has 0 saturated heterocycles. The minimum absolute atomic E-state index is 0.0710. The molecule has 6 heteroatoms. The van der Waals surface area contributed by atoms with Crippen LogP contribution in [-0.2, 0) is 11.3 Å². The fourth-order valence-electron chi connectivity index (χ4n) is 2.54. The third-order valence-electron chi connectivity index (χ3n) is 4.02. The Kier molecular flexibility index (Phi) is 6.50. The molecule has 0 aliphatic heterocycles. The van der Waals surface area contributed by atoms with Gasteiger partial charge in [0.1, 0.15) is 11.6 Å². The summed E-state index contributed by atoms with van der Waals surface area (Å²) < 4.78 is 18.8.